The quantitative estimate of drug-likeness (QED) is 0.754. The van der Waals surface area contributed by atoms with Crippen molar-refractivity contribution in [2.24, 2.45) is 7.05 Å². The van der Waals surface area contributed by atoms with Crippen LogP contribution in [0, 0.1) is 0 Å². The van der Waals surface area contributed by atoms with Crippen LogP contribution in [-0.4, -0.2) is 69.9 Å². The number of alkyl halides is 3. The SMILES string of the molecule is CN(C)C(=O)C1CN(Cc2ccc3c(c2)OCO3)Cc2ncn(C)c21.O=C(O)C(F)(F)F. The molecule has 0 fully saturated rings. The number of amides is 1. The fourth-order valence-corrected chi connectivity index (χ4v) is 3.60. The number of carboxylic acid groups (broad SMARTS) is 1. The number of likely N-dealkylation sites (N-methyl/N-ethyl adjacent to an activating group) is 1. The Labute approximate surface area is 181 Å². The molecule has 1 atom stereocenters. The number of carbonyl (C=O) groups is 2. The van der Waals surface area contributed by atoms with Gasteiger partial charge in [-0.1, -0.05) is 6.07 Å². The lowest BCUT2D eigenvalue weighted by Crippen LogP contribution is -2.41. The number of fused-ring (bicyclic) bond motifs is 2. The van der Waals surface area contributed by atoms with Gasteiger partial charge in [-0.25, -0.2) is 9.78 Å². The minimum absolute atomic E-state index is 0.111. The van der Waals surface area contributed by atoms with Crippen molar-refractivity contribution >= 4 is 11.9 Å². The van der Waals surface area contributed by atoms with Crippen molar-refractivity contribution in [3.05, 3.63) is 41.5 Å². The zero-order valence-corrected chi connectivity index (χ0v) is 17.7. The smallest absolute Gasteiger partial charge is 0.475 e. The highest BCUT2D eigenvalue weighted by Crippen LogP contribution is 2.34. The van der Waals surface area contributed by atoms with E-state index in [1.165, 1.54) is 0 Å². The van der Waals surface area contributed by atoms with Gasteiger partial charge < -0.3 is 24.0 Å². The lowest BCUT2D eigenvalue weighted by molar-refractivity contribution is -0.192. The molecule has 1 amide bonds. The Morgan fingerprint density at radius 1 is 1.25 bits per heavy atom. The predicted molar refractivity (Wildman–Crippen MR) is 105 cm³/mol. The highest BCUT2D eigenvalue weighted by Gasteiger charge is 2.38. The van der Waals surface area contributed by atoms with Crippen molar-refractivity contribution in [3.8, 4) is 11.5 Å². The zero-order valence-electron chi connectivity index (χ0n) is 17.7. The molecule has 0 aliphatic carbocycles. The van der Waals surface area contributed by atoms with Gasteiger partial charge in [-0.3, -0.25) is 9.69 Å². The number of aliphatic carboxylic acids is 1. The number of hydrogen-bond acceptors (Lipinski definition) is 6. The van der Waals surface area contributed by atoms with Crippen molar-refractivity contribution < 1.29 is 37.3 Å². The van der Waals surface area contributed by atoms with E-state index in [1.807, 2.05) is 29.8 Å². The maximum atomic E-state index is 12.7. The molecular formula is C20H23F3N4O5. The molecule has 32 heavy (non-hydrogen) atoms. The summed E-state index contributed by atoms with van der Waals surface area (Å²) in [6, 6.07) is 6.00. The average Bonchev–Trinajstić information content (AvgIpc) is 3.33. The summed E-state index contributed by atoms with van der Waals surface area (Å²) in [6.45, 7) is 2.43. The van der Waals surface area contributed by atoms with E-state index in [1.54, 1.807) is 25.3 Å². The van der Waals surface area contributed by atoms with Gasteiger partial charge in [-0.15, -0.1) is 0 Å². The third-order valence-electron chi connectivity index (χ3n) is 5.03. The molecule has 0 radical (unpaired) electrons. The Hall–Kier alpha value is -3.28. The fourth-order valence-electron chi connectivity index (χ4n) is 3.60. The second-order valence-electron chi connectivity index (χ2n) is 7.63. The molecule has 1 aromatic carbocycles. The molecule has 0 bridgehead atoms. The van der Waals surface area contributed by atoms with Crippen molar-refractivity contribution in [2.45, 2.75) is 25.2 Å². The molecule has 174 valence electrons. The van der Waals surface area contributed by atoms with Gasteiger partial charge in [0.05, 0.1) is 23.6 Å². The van der Waals surface area contributed by atoms with Gasteiger partial charge in [0.2, 0.25) is 12.7 Å². The molecule has 1 N–H and O–H groups in total. The molecule has 12 heteroatoms. The standard InChI is InChI=1S/C18H22N4O3.C2HF3O2/c1-20(2)18(23)13-8-22(9-14-17(13)21(3)10-19-14)7-12-4-5-15-16(6-12)25-11-24-15;3-2(4,5)1(6)7/h4-6,10,13H,7-9,11H2,1-3H3;(H,6,7). The highest BCUT2D eigenvalue weighted by molar-refractivity contribution is 5.83. The summed E-state index contributed by atoms with van der Waals surface area (Å²) in [7, 11) is 5.56. The lowest BCUT2D eigenvalue weighted by Gasteiger charge is -2.33. The van der Waals surface area contributed by atoms with E-state index < -0.39 is 12.1 Å². The van der Waals surface area contributed by atoms with Crippen LogP contribution in [0.15, 0.2) is 24.5 Å². The van der Waals surface area contributed by atoms with Crippen molar-refractivity contribution in [1.82, 2.24) is 19.4 Å². The minimum atomic E-state index is -5.08. The summed E-state index contributed by atoms with van der Waals surface area (Å²) >= 11 is 0. The predicted octanol–water partition coefficient (Wildman–Crippen LogP) is 1.97. The fraction of sp³-hybridized carbons (Fsp3) is 0.450. The molecule has 4 rings (SSSR count). The number of benzene rings is 1. The number of carbonyl (C=O) groups excluding carboxylic acids is 1. The largest absolute Gasteiger partial charge is 0.490 e. The lowest BCUT2D eigenvalue weighted by atomic mass is 9.96. The van der Waals surface area contributed by atoms with Crippen LogP contribution in [0.1, 0.15) is 22.9 Å². The van der Waals surface area contributed by atoms with Gasteiger partial charge in [0.1, 0.15) is 0 Å². The van der Waals surface area contributed by atoms with Crippen molar-refractivity contribution in [3.63, 3.8) is 0 Å². The Morgan fingerprint density at radius 3 is 2.53 bits per heavy atom. The first-order chi connectivity index (χ1) is 15.0. The van der Waals surface area contributed by atoms with Gasteiger partial charge in [0, 0.05) is 40.8 Å². The van der Waals surface area contributed by atoms with Crippen LogP contribution < -0.4 is 9.47 Å². The molecular weight excluding hydrogens is 433 g/mol. The number of halogens is 3. The normalized spacial score (nSPS) is 17.2. The third-order valence-corrected chi connectivity index (χ3v) is 5.03. The first kappa shape index (κ1) is 23.4. The van der Waals surface area contributed by atoms with Crippen LogP contribution >= 0.6 is 0 Å². The number of hydrogen-bond donors (Lipinski definition) is 1. The number of aryl methyl sites for hydroxylation is 1. The number of carboxylic acids is 1. The Bertz CT molecular complexity index is 1010. The first-order valence-corrected chi connectivity index (χ1v) is 9.59. The number of ether oxygens (including phenoxy) is 2. The van der Waals surface area contributed by atoms with E-state index in [9.17, 15) is 18.0 Å². The van der Waals surface area contributed by atoms with Crippen molar-refractivity contribution in [2.75, 3.05) is 27.4 Å². The Balaban J connectivity index is 0.000000360. The molecule has 2 aliphatic rings. The molecule has 0 saturated heterocycles. The molecule has 0 spiro atoms. The second kappa shape index (κ2) is 9.07. The second-order valence-corrected chi connectivity index (χ2v) is 7.63. The monoisotopic (exact) mass is 456 g/mol. The van der Waals surface area contributed by atoms with Gasteiger partial charge in [0.15, 0.2) is 11.5 Å². The summed E-state index contributed by atoms with van der Waals surface area (Å²) in [5, 5.41) is 7.12. The number of imidazole rings is 1. The Morgan fingerprint density at radius 2 is 1.91 bits per heavy atom. The molecule has 3 heterocycles. The molecule has 9 nitrogen and oxygen atoms in total. The Kier molecular flexibility index (Phi) is 6.63. The van der Waals surface area contributed by atoms with E-state index in [-0.39, 0.29) is 18.6 Å². The maximum absolute atomic E-state index is 12.7. The van der Waals surface area contributed by atoms with Gasteiger partial charge >= 0.3 is 12.1 Å². The molecule has 2 aliphatic heterocycles. The minimum Gasteiger partial charge on any atom is -0.475 e. The number of rotatable bonds is 3. The van der Waals surface area contributed by atoms with E-state index in [2.05, 4.69) is 9.88 Å². The molecule has 1 unspecified atom stereocenters. The highest BCUT2D eigenvalue weighted by atomic mass is 19.4. The number of aromatic nitrogens is 2. The maximum Gasteiger partial charge on any atom is 0.490 e. The van der Waals surface area contributed by atoms with E-state index in [0.717, 1.165) is 41.5 Å². The average molecular weight is 456 g/mol. The summed E-state index contributed by atoms with van der Waals surface area (Å²) in [4.78, 5) is 30.0. The van der Waals surface area contributed by atoms with Crippen molar-refractivity contribution in [1.29, 1.82) is 0 Å². The summed E-state index contributed by atoms with van der Waals surface area (Å²) in [6.07, 6.45) is -3.29. The zero-order chi connectivity index (χ0) is 23.6. The first-order valence-electron chi connectivity index (χ1n) is 9.59. The summed E-state index contributed by atoms with van der Waals surface area (Å²) < 4.78 is 44.5. The van der Waals surface area contributed by atoms with E-state index in [4.69, 9.17) is 19.4 Å². The van der Waals surface area contributed by atoms with Gasteiger partial charge in [-0.05, 0) is 17.7 Å². The molecule has 2 aromatic rings. The van der Waals surface area contributed by atoms with Crippen LogP contribution in [-0.2, 0) is 29.7 Å². The van der Waals surface area contributed by atoms with Crippen LogP contribution in [0.25, 0.3) is 0 Å². The van der Waals surface area contributed by atoms with Crippen LogP contribution in [0.4, 0.5) is 13.2 Å². The van der Waals surface area contributed by atoms with E-state index >= 15 is 0 Å². The number of nitrogens with zero attached hydrogens (tertiary/aromatic N) is 4. The van der Waals surface area contributed by atoms with Crippen LogP contribution in [0.3, 0.4) is 0 Å². The molecule has 0 saturated carbocycles. The van der Waals surface area contributed by atoms with Gasteiger partial charge in [-0.2, -0.15) is 13.2 Å². The van der Waals surface area contributed by atoms with Crippen LogP contribution in [0.2, 0.25) is 0 Å². The molecule has 1 aromatic heterocycles. The third kappa shape index (κ3) is 5.13. The topological polar surface area (TPSA) is 97.1 Å². The van der Waals surface area contributed by atoms with Gasteiger partial charge in [0.25, 0.3) is 0 Å². The summed E-state index contributed by atoms with van der Waals surface area (Å²) in [5.41, 5.74) is 3.15. The summed E-state index contributed by atoms with van der Waals surface area (Å²) in [5.74, 6) is -1.27. The van der Waals surface area contributed by atoms with E-state index in [0.29, 0.717) is 6.54 Å². The van der Waals surface area contributed by atoms with Crippen LogP contribution in [0.5, 0.6) is 11.5 Å².